The zero-order chi connectivity index (χ0) is 18.6. The molecule has 5 nitrogen and oxygen atoms in total. The summed E-state index contributed by atoms with van der Waals surface area (Å²) in [6.45, 7) is 8.24. The standard InChI is InChI=1S/C18H25ClFN3O2/c1-18(2,3)17(25)21-11-16(24)23-9-7-22(8-10-23)12-13-14(19)5-4-6-15(13)20/h4-6H,7-12H2,1-3H3,(H,21,25). The second kappa shape index (κ2) is 8.15. The van der Waals surface area contributed by atoms with Crippen molar-refractivity contribution in [3.63, 3.8) is 0 Å². The van der Waals surface area contributed by atoms with Crippen molar-refractivity contribution in [2.24, 2.45) is 5.41 Å². The van der Waals surface area contributed by atoms with Crippen LogP contribution in [0.15, 0.2) is 18.2 Å². The summed E-state index contributed by atoms with van der Waals surface area (Å²) >= 11 is 6.06. The van der Waals surface area contributed by atoms with Crippen molar-refractivity contribution >= 4 is 23.4 Å². The molecule has 1 aromatic carbocycles. The first kappa shape index (κ1) is 19.7. The summed E-state index contributed by atoms with van der Waals surface area (Å²) in [6.07, 6.45) is 0. The Morgan fingerprint density at radius 2 is 1.84 bits per heavy atom. The minimum Gasteiger partial charge on any atom is -0.347 e. The molecule has 0 aromatic heterocycles. The van der Waals surface area contributed by atoms with Crippen LogP contribution in [0.4, 0.5) is 4.39 Å². The van der Waals surface area contributed by atoms with Gasteiger partial charge in [-0.05, 0) is 12.1 Å². The van der Waals surface area contributed by atoms with E-state index in [4.69, 9.17) is 11.6 Å². The van der Waals surface area contributed by atoms with E-state index in [1.165, 1.54) is 6.07 Å². The Balaban J connectivity index is 1.81. The van der Waals surface area contributed by atoms with E-state index in [1.807, 2.05) is 0 Å². The monoisotopic (exact) mass is 369 g/mol. The Bertz CT molecular complexity index is 617. The van der Waals surface area contributed by atoms with Gasteiger partial charge in [0.1, 0.15) is 5.82 Å². The number of rotatable bonds is 4. The van der Waals surface area contributed by atoms with Gasteiger partial charge in [-0.3, -0.25) is 14.5 Å². The van der Waals surface area contributed by atoms with E-state index >= 15 is 0 Å². The lowest BCUT2D eigenvalue weighted by molar-refractivity contribution is -0.136. The average Bonchev–Trinajstić information content (AvgIpc) is 2.55. The van der Waals surface area contributed by atoms with Gasteiger partial charge in [-0.25, -0.2) is 4.39 Å². The summed E-state index contributed by atoms with van der Waals surface area (Å²) in [4.78, 5) is 27.8. The molecule has 0 aliphatic carbocycles. The zero-order valence-corrected chi connectivity index (χ0v) is 15.7. The maximum absolute atomic E-state index is 13.9. The van der Waals surface area contributed by atoms with E-state index in [9.17, 15) is 14.0 Å². The van der Waals surface area contributed by atoms with E-state index < -0.39 is 5.41 Å². The predicted octanol–water partition coefficient (Wildman–Crippen LogP) is 2.29. The lowest BCUT2D eigenvalue weighted by Crippen LogP contribution is -2.51. The molecule has 1 aliphatic rings. The molecule has 1 fully saturated rings. The van der Waals surface area contributed by atoms with Gasteiger partial charge < -0.3 is 10.2 Å². The third-order valence-electron chi connectivity index (χ3n) is 4.25. The number of hydrogen-bond donors (Lipinski definition) is 1. The van der Waals surface area contributed by atoms with Gasteiger partial charge in [-0.1, -0.05) is 38.4 Å². The van der Waals surface area contributed by atoms with Crippen molar-refractivity contribution in [1.29, 1.82) is 0 Å². The highest BCUT2D eigenvalue weighted by atomic mass is 35.5. The second-order valence-corrected chi connectivity index (χ2v) is 7.70. The molecule has 25 heavy (non-hydrogen) atoms. The van der Waals surface area contributed by atoms with Crippen LogP contribution in [0.1, 0.15) is 26.3 Å². The SMILES string of the molecule is CC(C)(C)C(=O)NCC(=O)N1CCN(Cc2c(F)cccc2Cl)CC1. The zero-order valence-electron chi connectivity index (χ0n) is 14.9. The molecule has 0 saturated carbocycles. The van der Waals surface area contributed by atoms with Gasteiger partial charge in [-0.15, -0.1) is 0 Å². The molecule has 0 spiro atoms. The van der Waals surface area contributed by atoms with Gasteiger partial charge in [0.25, 0.3) is 0 Å². The number of nitrogens with zero attached hydrogens (tertiary/aromatic N) is 2. The average molecular weight is 370 g/mol. The van der Waals surface area contributed by atoms with Gasteiger partial charge in [0, 0.05) is 48.7 Å². The van der Waals surface area contributed by atoms with Crippen LogP contribution in [0.5, 0.6) is 0 Å². The fourth-order valence-corrected chi connectivity index (χ4v) is 2.82. The summed E-state index contributed by atoms with van der Waals surface area (Å²) in [5.41, 5.74) is -0.0285. The van der Waals surface area contributed by atoms with Crippen LogP contribution in [0.3, 0.4) is 0 Å². The van der Waals surface area contributed by atoms with Crippen LogP contribution in [0.25, 0.3) is 0 Å². The van der Waals surface area contributed by atoms with Gasteiger partial charge in [0.15, 0.2) is 0 Å². The lowest BCUT2D eigenvalue weighted by atomic mass is 9.96. The molecule has 2 rings (SSSR count). The molecule has 7 heteroatoms. The van der Waals surface area contributed by atoms with Crippen molar-refractivity contribution in [3.8, 4) is 0 Å². The first-order valence-corrected chi connectivity index (χ1v) is 8.77. The van der Waals surface area contributed by atoms with Crippen LogP contribution in [0.2, 0.25) is 5.02 Å². The number of carbonyl (C=O) groups is 2. The quantitative estimate of drug-likeness (QED) is 0.886. The van der Waals surface area contributed by atoms with Crippen molar-refractivity contribution in [1.82, 2.24) is 15.1 Å². The topological polar surface area (TPSA) is 52.7 Å². The first-order chi connectivity index (χ1) is 11.7. The molecule has 1 heterocycles. The molecular weight excluding hydrogens is 345 g/mol. The molecule has 1 aromatic rings. The van der Waals surface area contributed by atoms with E-state index in [1.54, 1.807) is 37.8 Å². The molecule has 2 amide bonds. The largest absolute Gasteiger partial charge is 0.347 e. The Kier molecular flexibility index (Phi) is 6.41. The third-order valence-corrected chi connectivity index (χ3v) is 4.60. The Morgan fingerprint density at radius 1 is 1.20 bits per heavy atom. The Morgan fingerprint density at radius 3 is 2.40 bits per heavy atom. The summed E-state index contributed by atoms with van der Waals surface area (Å²) in [5, 5.41) is 3.09. The summed E-state index contributed by atoms with van der Waals surface area (Å²) in [6, 6.07) is 4.67. The molecule has 138 valence electrons. The number of hydrogen-bond acceptors (Lipinski definition) is 3. The minimum absolute atomic E-state index is 0.00917. The summed E-state index contributed by atoms with van der Waals surface area (Å²) in [5.74, 6) is -0.550. The maximum Gasteiger partial charge on any atom is 0.242 e. The van der Waals surface area contributed by atoms with E-state index in [-0.39, 0.29) is 24.2 Å². The molecule has 0 radical (unpaired) electrons. The molecule has 1 aliphatic heterocycles. The fourth-order valence-electron chi connectivity index (χ4n) is 2.60. The highest BCUT2D eigenvalue weighted by Crippen LogP contribution is 2.21. The van der Waals surface area contributed by atoms with Crippen LogP contribution in [-0.4, -0.2) is 54.3 Å². The lowest BCUT2D eigenvalue weighted by Gasteiger charge is -2.35. The number of carbonyl (C=O) groups excluding carboxylic acids is 2. The minimum atomic E-state index is -0.516. The van der Waals surface area contributed by atoms with Crippen LogP contribution in [0, 0.1) is 11.2 Å². The molecule has 1 N–H and O–H groups in total. The number of piperazine rings is 1. The second-order valence-electron chi connectivity index (χ2n) is 7.29. The van der Waals surface area contributed by atoms with Crippen LogP contribution < -0.4 is 5.32 Å². The smallest absolute Gasteiger partial charge is 0.242 e. The highest BCUT2D eigenvalue weighted by molar-refractivity contribution is 6.31. The molecular formula is C18H25ClFN3O2. The van der Waals surface area contributed by atoms with Gasteiger partial charge >= 0.3 is 0 Å². The van der Waals surface area contributed by atoms with Crippen LogP contribution in [-0.2, 0) is 16.1 Å². The Hall–Kier alpha value is -1.66. The fraction of sp³-hybridized carbons (Fsp3) is 0.556. The van der Waals surface area contributed by atoms with Crippen molar-refractivity contribution < 1.29 is 14.0 Å². The van der Waals surface area contributed by atoms with Crippen molar-refractivity contribution in [3.05, 3.63) is 34.6 Å². The normalized spacial score (nSPS) is 16.0. The number of benzene rings is 1. The molecule has 1 saturated heterocycles. The summed E-state index contributed by atoms with van der Waals surface area (Å²) < 4.78 is 13.9. The number of halogens is 2. The first-order valence-electron chi connectivity index (χ1n) is 8.40. The van der Waals surface area contributed by atoms with Gasteiger partial charge in [-0.2, -0.15) is 0 Å². The third kappa shape index (κ3) is 5.41. The molecule has 0 atom stereocenters. The van der Waals surface area contributed by atoms with Gasteiger partial charge in [0.05, 0.1) is 6.54 Å². The molecule has 0 bridgehead atoms. The van der Waals surface area contributed by atoms with E-state index in [0.717, 1.165) is 0 Å². The van der Waals surface area contributed by atoms with Crippen molar-refractivity contribution in [2.45, 2.75) is 27.3 Å². The summed E-state index contributed by atoms with van der Waals surface area (Å²) in [7, 11) is 0. The Labute approximate surface area is 153 Å². The maximum atomic E-state index is 13.9. The predicted molar refractivity (Wildman–Crippen MR) is 95.7 cm³/mol. The van der Waals surface area contributed by atoms with Crippen LogP contribution >= 0.6 is 11.6 Å². The molecule has 0 unspecified atom stereocenters. The van der Waals surface area contributed by atoms with Gasteiger partial charge in [0.2, 0.25) is 11.8 Å². The van der Waals surface area contributed by atoms with Crippen molar-refractivity contribution in [2.75, 3.05) is 32.7 Å². The number of amides is 2. The number of nitrogens with one attached hydrogen (secondary N) is 1. The van der Waals surface area contributed by atoms with E-state index in [0.29, 0.717) is 43.3 Å². The van der Waals surface area contributed by atoms with E-state index in [2.05, 4.69) is 10.2 Å². The highest BCUT2D eigenvalue weighted by Gasteiger charge is 2.25.